The molecule has 0 amide bonds. The minimum atomic E-state index is -0.317. The molecule has 1 aliphatic carbocycles. The Labute approximate surface area is 106 Å². The van der Waals surface area contributed by atoms with Crippen molar-refractivity contribution in [2.75, 3.05) is 0 Å². The third kappa shape index (κ3) is 2.91. The molecule has 88 valence electrons. The van der Waals surface area contributed by atoms with Crippen LogP contribution in [-0.2, 0) is 6.42 Å². The standard InChI is InChI=1S/C13H16Cl2O/c14-12-5-2-6-13(15)11(12)8-10(16)7-9-3-1-4-9/h2,5-6,9-10,16H,1,3-4,7-8H2. The highest BCUT2D eigenvalue weighted by Crippen LogP contribution is 2.32. The first-order valence-electron chi connectivity index (χ1n) is 5.77. The highest BCUT2D eigenvalue weighted by atomic mass is 35.5. The first kappa shape index (κ1) is 12.2. The van der Waals surface area contributed by atoms with Gasteiger partial charge < -0.3 is 5.11 Å². The van der Waals surface area contributed by atoms with Crippen molar-refractivity contribution >= 4 is 23.2 Å². The van der Waals surface area contributed by atoms with Crippen LogP contribution in [0.4, 0.5) is 0 Å². The number of aliphatic hydroxyl groups is 1. The van der Waals surface area contributed by atoms with Crippen LogP contribution in [0.3, 0.4) is 0 Å². The van der Waals surface area contributed by atoms with E-state index in [1.54, 1.807) is 0 Å². The highest BCUT2D eigenvalue weighted by Gasteiger charge is 2.22. The predicted octanol–water partition coefficient (Wildman–Crippen LogP) is 4.09. The molecule has 0 heterocycles. The number of aliphatic hydroxyl groups excluding tert-OH is 1. The summed E-state index contributed by atoms with van der Waals surface area (Å²) in [4.78, 5) is 0. The second kappa shape index (κ2) is 5.39. The quantitative estimate of drug-likeness (QED) is 0.863. The van der Waals surface area contributed by atoms with Gasteiger partial charge in [-0.1, -0.05) is 48.5 Å². The summed E-state index contributed by atoms with van der Waals surface area (Å²) in [5.74, 6) is 0.705. The van der Waals surface area contributed by atoms with E-state index in [4.69, 9.17) is 23.2 Å². The van der Waals surface area contributed by atoms with Gasteiger partial charge in [-0.2, -0.15) is 0 Å². The third-order valence-electron chi connectivity index (χ3n) is 3.33. The molecule has 1 saturated carbocycles. The Morgan fingerprint density at radius 1 is 1.25 bits per heavy atom. The lowest BCUT2D eigenvalue weighted by Crippen LogP contribution is -2.21. The van der Waals surface area contributed by atoms with E-state index >= 15 is 0 Å². The van der Waals surface area contributed by atoms with Crippen LogP contribution in [-0.4, -0.2) is 11.2 Å². The van der Waals surface area contributed by atoms with Crippen LogP contribution in [0.15, 0.2) is 18.2 Å². The van der Waals surface area contributed by atoms with E-state index < -0.39 is 0 Å². The van der Waals surface area contributed by atoms with Crippen molar-refractivity contribution in [3.8, 4) is 0 Å². The molecule has 0 aliphatic heterocycles. The van der Waals surface area contributed by atoms with Gasteiger partial charge in [-0.25, -0.2) is 0 Å². The molecule has 1 fully saturated rings. The minimum Gasteiger partial charge on any atom is -0.393 e. The number of rotatable bonds is 4. The summed E-state index contributed by atoms with van der Waals surface area (Å²) < 4.78 is 0. The van der Waals surface area contributed by atoms with E-state index in [2.05, 4.69) is 0 Å². The molecular formula is C13H16Cl2O. The summed E-state index contributed by atoms with van der Waals surface area (Å²) in [5.41, 5.74) is 0.873. The largest absolute Gasteiger partial charge is 0.393 e. The smallest absolute Gasteiger partial charge is 0.0584 e. The maximum atomic E-state index is 9.97. The highest BCUT2D eigenvalue weighted by molar-refractivity contribution is 6.35. The van der Waals surface area contributed by atoms with Crippen molar-refractivity contribution in [3.05, 3.63) is 33.8 Å². The molecule has 1 aromatic carbocycles. The van der Waals surface area contributed by atoms with Crippen LogP contribution in [0.1, 0.15) is 31.2 Å². The molecule has 1 aromatic rings. The molecule has 16 heavy (non-hydrogen) atoms. The summed E-state index contributed by atoms with van der Waals surface area (Å²) in [6, 6.07) is 5.46. The van der Waals surface area contributed by atoms with Gasteiger partial charge in [0.25, 0.3) is 0 Å². The maximum Gasteiger partial charge on any atom is 0.0584 e. The number of benzene rings is 1. The van der Waals surface area contributed by atoms with Crippen molar-refractivity contribution in [1.29, 1.82) is 0 Å². The summed E-state index contributed by atoms with van der Waals surface area (Å²) in [6.07, 6.45) is 4.95. The summed E-state index contributed by atoms with van der Waals surface area (Å²) >= 11 is 12.1. The van der Waals surface area contributed by atoms with Crippen LogP contribution in [0.5, 0.6) is 0 Å². The minimum absolute atomic E-state index is 0.317. The van der Waals surface area contributed by atoms with Crippen molar-refractivity contribution in [2.45, 2.75) is 38.2 Å². The van der Waals surface area contributed by atoms with E-state index in [0.29, 0.717) is 22.4 Å². The van der Waals surface area contributed by atoms with Crippen LogP contribution >= 0.6 is 23.2 Å². The van der Waals surface area contributed by atoms with E-state index in [0.717, 1.165) is 12.0 Å². The van der Waals surface area contributed by atoms with Crippen LogP contribution in [0, 0.1) is 5.92 Å². The molecule has 3 heteroatoms. The Morgan fingerprint density at radius 2 is 1.88 bits per heavy atom. The Morgan fingerprint density at radius 3 is 2.38 bits per heavy atom. The normalized spacial score (nSPS) is 18.2. The number of hydrogen-bond acceptors (Lipinski definition) is 1. The van der Waals surface area contributed by atoms with Crippen molar-refractivity contribution in [2.24, 2.45) is 5.92 Å². The SMILES string of the molecule is OC(Cc1c(Cl)cccc1Cl)CC1CCC1. The Bertz CT molecular complexity index is 341. The molecule has 1 unspecified atom stereocenters. The van der Waals surface area contributed by atoms with Crippen molar-refractivity contribution in [1.82, 2.24) is 0 Å². The van der Waals surface area contributed by atoms with Gasteiger partial charge in [0, 0.05) is 16.5 Å². The van der Waals surface area contributed by atoms with E-state index in [1.807, 2.05) is 18.2 Å². The molecule has 0 aromatic heterocycles. The molecule has 2 rings (SSSR count). The lowest BCUT2D eigenvalue weighted by Gasteiger charge is -2.27. The van der Waals surface area contributed by atoms with Crippen LogP contribution in [0.2, 0.25) is 10.0 Å². The van der Waals surface area contributed by atoms with E-state index in [1.165, 1.54) is 19.3 Å². The molecular weight excluding hydrogens is 243 g/mol. The third-order valence-corrected chi connectivity index (χ3v) is 4.04. The van der Waals surface area contributed by atoms with Gasteiger partial charge in [-0.3, -0.25) is 0 Å². The average molecular weight is 259 g/mol. The lowest BCUT2D eigenvalue weighted by molar-refractivity contribution is 0.118. The zero-order valence-electron chi connectivity index (χ0n) is 9.13. The zero-order valence-corrected chi connectivity index (χ0v) is 10.6. The summed E-state index contributed by atoms with van der Waals surface area (Å²) in [7, 11) is 0. The first-order chi connectivity index (χ1) is 7.66. The molecule has 0 spiro atoms. The van der Waals surface area contributed by atoms with Gasteiger partial charge in [0.2, 0.25) is 0 Å². The Kier molecular flexibility index (Phi) is 4.12. The van der Waals surface area contributed by atoms with Crippen molar-refractivity contribution < 1.29 is 5.11 Å². The van der Waals surface area contributed by atoms with Gasteiger partial charge >= 0.3 is 0 Å². The monoisotopic (exact) mass is 258 g/mol. The first-order valence-corrected chi connectivity index (χ1v) is 6.53. The topological polar surface area (TPSA) is 20.2 Å². The fourth-order valence-corrected chi connectivity index (χ4v) is 2.71. The molecule has 0 radical (unpaired) electrons. The fraction of sp³-hybridized carbons (Fsp3) is 0.538. The van der Waals surface area contributed by atoms with Gasteiger partial charge in [-0.15, -0.1) is 0 Å². The maximum absolute atomic E-state index is 9.97. The van der Waals surface area contributed by atoms with Gasteiger partial charge in [0.1, 0.15) is 0 Å². The molecule has 0 bridgehead atoms. The Hall–Kier alpha value is -0.240. The number of halogens is 2. The van der Waals surface area contributed by atoms with Crippen LogP contribution in [0.25, 0.3) is 0 Å². The predicted molar refractivity (Wildman–Crippen MR) is 68.1 cm³/mol. The average Bonchev–Trinajstić information content (AvgIpc) is 2.18. The molecule has 1 N–H and O–H groups in total. The molecule has 1 aliphatic rings. The number of hydrogen-bond donors (Lipinski definition) is 1. The van der Waals surface area contributed by atoms with Crippen LogP contribution < -0.4 is 0 Å². The second-order valence-corrected chi connectivity index (χ2v) is 5.41. The summed E-state index contributed by atoms with van der Waals surface area (Å²) in [6.45, 7) is 0. The van der Waals surface area contributed by atoms with Gasteiger partial charge in [0.15, 0.2) is 0 Å². The zero-order chi connectivity index (χ0) is 11.5. The van der Waals surface area contributed by atoms with Crippen molar-refractivity contribution in [3.63, 3.8) is 0 Å². The van der Waals surface area contributed by atoms with Gasteiger partial charge in [-0.05, 0) is 30.0 Å². The van der Waals surface area contributed by atoms with E-state index in [-0.39, 0.29) is 6.10 Å². The summed E-state index contributed by atoms with van der Waals surface area (Å²) in [5, 5.41) is 11.3. The second-order valence-electron chi connectivity index (χ2n) is 4.59. The molecule has 1 nitrogen and oxygen atoms in total. The fourth-order valence-electron chi connectivity index (χ4n) is 2.16. The Balaban J connectivity index is 1.96. The molecule has 0 saturated heterocycles. The van der Waals surface area contributed by atoms with E-state index in [9.17, 15) is 5.11 Å². The van der Waals surface area contributed by atoms with Gasteiger partial charge in [0.05, 0.1) is 6.10 Å². The lowest BCUT2D eigenvalue weighted by atomic mass is 9.80. The molecule has 1 atom stereocenters.